The highest BCUT2D eigenvalue weighted by atomic mass is 32.2. The number of likely N-dealkylation sites (N-methyl/N-ethyl adjacent to an activating group) is 1. The highest BCUT2D eigenvalue weighted by Crippen LogP contribution is 2.42. The Labute approximate surface area is 209 Å². The minimum atomic E-state index is -2.36. The number of methoxy groups -OCH3 is 1. The van der Waals surface area contributed by atoms with E-state index in [1.165, 1.54) is 23.4 Å². The first-order chi connectivity index (χ1) is 16.7. The molecule has 2 heterocycles. The van der Waals surface area contributed by atoms with Crippen LogP contribution in [0.15, 0.2) is 0 Å². The Bertz CT molecular complexity index is 799. The van der Waals surface area contributed by atoms with Crippen molar-refractivity contribution >= 4 is 29.3 Å². The van der Waals surface area contributed by atoms with Gasteiger partial charge in [0.2, 0.25) is 0 Å². The number of hydrogen-bond acceptors (Lipinski definition) is 9. The van der Waals surface area contributed by atoms with E-state index in [1.807, 2.05) is 0 Å². The number of carbonyl (C=O) groups excluding carboxylic acids is 3. The lowest BCUT2D eigenvalue weighted by atomic mass is 9.69. The number of piperidine rings is 1. The van der Waals surface area contributed by atoms with E-state index in [-0.39, 0.29) is 37.1 Å². The van der Waals surface area contributed by atoms with Crippen LogP contribution in [0.2, 0.25) is 0 Å². The molecule has 2 saturated heterocycles. The van der Waals surface area contributed by atoms with Gasteiger partial charge in [-0.05, 0) is 70.8 Å². The number of carbonyl (C=O) groups is 3. The summed E-state index contributed by atoms with van der Waals surface area (Å²) in [6.07, 6.45) is 3.13. The molecule has 11 nitrogen and oxygen atoms in total. The second-order valence-corrected chi connectivity index (χ2v) is 10.7. The minimum Gasteiger partial charge on any atom is -0.760 e. The predicted octanol–water partition coefficient (Wildman–Crippen LogP) is 1.15. The van der Waals surface area contributed by atoms with E-state index in [0.717, 1.165) is 19.3 Å². The summed E-state index contributed by atoms with van der Waals surface area (Å²) in [6.45, 7) is 5.62. The molecular weight excluding hydrogens is 478 g/mol. The number of rotatable bonds is 8. The minimum absolute atomic E-state index is 0.245. The zero-order valence-corrected chi connectivity index (χ0v) is 21.9. The fraction of sp³-hybridized carbons (Fsp3) is 0.870. The lowest BCUT2D eigenvalue weighted by Crippen LogP contribution is -2.55. The lowest BCUT2D eigenvalue weighted by Gasteiger charge is -2.46. The first kappa shape index (κ1) is 27.8. The van der Waals surface area contributed by atoms with E-state index in [1.54, 1.807) is 13.8 Å². The Morgan fingerprint density at radius 1 is 0.971 bits per heavy atom. The molecule has 0 spiro atoms. The van der Waals surface area contributed by atoms with Gasteiger partial charge >= 0.3 is 18.0 Å². The van der Waals surface area contributed by atoms with Crippen molar-refractivity contribution in [2.45, 2.75) is 64.1 Å². The van der Waals surface area contributed by atoms with Crippen LogP contribution in [0.25, 0.3) is 0 Å². The van der Waals surface area contributed by atoms with Crippen LogP contribution in [0, 0.1) is 17.8 Å². The number of nitrogens with zero attached hydrogens (tertiary/aromatic N) is 3. The molecule has 1 aliphatic carbocycles. The Balaban J connectivity index is 1.68. The van der Waals surface area contributed by atoms with Gasteiger partial charge in [-0.1, -0.05) is 0 Å². The molecule has 0 aromatic heterocycles. The van der Waals surface area contributed by atoms with Crippen molar-refractivity contribution in [2.75, 3.05) is 47.0 Å². The number of esters is 2. The molecule has 3 rings (SSSR count). The van der Waals surface area contributed by atoms with E-state index >= 15 is 0 Å². The topological polar surface area (TPSA) is 129 Å². The maximum atomic E-state index is 12.6. The first-order valence-electron chi connectivity index (χ1n) is 12.4. The zero-order valence-electron chi connectivity index (χ0n) is 21.1. The smallest absolute Gasteiger partial charge is 0.410 e. The molecule has 1 amide bonds. The monoisotopic (exact) mass is 516 g/mol. The summed E-state index contributed by atoms with van der Waals surface area (Å²) in [6, 6.07) is -1.42. The van der Waals surface area contributed by atoms with Gasteiger partial charge in [0.25, 0.3) is 0 Å². The molecule has 35 heavy (non-hydrogen) atoms. The molecule has 0 aromatic carbocycles. The molecule has 0 bridgehead atoms. The Morgan fingerprint density at radius 2 is 1.63 bits per heavy atom. The summed E-state index contributed by atoms with van der Waals surface area (Å²) >= 11 is -2.36. The fourth-order valence-corrected chi connectivity index (χ4v) is 6.37. The Morgan fingerprint density at radius 3 is 2.23 bits per heavy atom. The summed E-state index contributed by atoms with van der Waals surface area (Å²) in [5, 5.41) is 0. The fourth-order valence-electron chi connectivity index (χ4n) is 5.98. The molecule has 0 radical (unpaired) electrons. The van der Waals surface area contributed by atoms with Crippen LogP contribution in [0.4, 0.5) is 4.79 Å². The Hall–Kier alpha value is -1.76. The number of hydrogen-bond donors (Lipinski definition) is 0. The van der Waals surface area contributed by atoms with Crippen molar-refractivity contribution < 1.29 is 37.4 Å². The zero-order chi connectivity index (χ0) is 25.7. The average Bonchev–Trinajstić information content (AvgIpc) is 3.26. The van der Waals surface area contributed by atoms with E-state index < -0.39 is 35.4 Å². The molecule has 0 aromatic rings. The van der Waals surface area contributed by atoms with Gasteiger partial charge in [0.1, 0.15) is 12.1 Å². The molecule has 1 saturated carbocycles. The maximum absolute atomic E-state index is 12.6. The highest BCUT2D eigenvalue weighted by Gasteiger charge is 2.46. The van der Waals surface area contributed by atoms with Crippen molar-refractivity contribution in [1.82, 2.24) is 14.1 Å². The third-order valence-electron chi connectivity index (χ3n) is 7.73. The second-order valence-electron chi connectivity index (χ2n) is 9.70. The number of amides is 1. The summed E-state index contributed by atoms with van der Waals surface area (Å²) in [5.74, 6) is 0.0967. The molecular formula is C23H38N3O8S-. The van der Waals surface area contributed by atoms with Gasteiger partial charge in [0, 0.05) is 36.9 Å². The summed E-state index contributed by atoms with van der Waals surface area (Å²) in [5.41, 5.74) is 0. The van der Waals surface area contributed by atoms with Crippen LogP contribution in [0.3, 0.4) is 0 Å². The number of fused-ring (bicyclic) bond motifs is 1. The summed E-state index contributed by atoms with van der Waals surface area (Å²) in [4.78, 5) is 41.1. The highest BCUT2D eigenvalue weighted by molar-refractivity contribution is 7.76. The molecule has 7 atom stereocenters. The van der Waals surface area contributed by atoms with Crippen LogP contribution in [0.1, 0.15) is 46.0 Å². The van der Waals surface area contributed by atoms with Gasteiger partial charge < -0.3 is 18.8 Å². The summed E-state index contributed by atoms with van der Waals surface area (Å²) in [7, 11) is 2.84. The van der Waals surface area contributed by atoms with Crippen LogP contribution < -0.4 is 0 Å². The van der Waals surface area contributed by atoms with Crippen LogP contribution >= 0.6 is 0 Å². The molecule has 0 N–H and O–H groups in total. The lowest BCUT2D eigenvalue weighted by molar-refractivity contribution is -0.153. The van der Waals surface area contributed by atoms with E-state index in [0.29, 0.717) is 38.4 Å². The van der Waals surface area contributed by atoms with E-state index in [2.05, 4.69) is 4.90 Å². The average molecular weight is 517 g/mol. The number of ether oxygens (including phenoxy) is 3. The largest absolute Gasteiger partial charge is 0.760 e. The second kappa shape index (κ2) is 12.5. The SMILES string of the molecule is CCOC(=O)C1CC(N(C)S(=O)[O-])CN1CC1CCC2CN(C(=O)OC)C(C(=O)OCC)CC2C1. The first-order valence-corrected chi connectivity index (χ1v) is 13.5. The van der Waals surface area contributed by atoms with Gasteiger partial charge in [-0.3, -0.25) is 18.8 Å². The Kier molecular flexibility index (Phi) is 9.91. The quantitative estimate of drug-likeness (QED) is 0.265. The van der Waals surface area contributed by atoms with Gasteiger partial charge in [-0.15, -0.1) is 0 Å². The molecule has 12 heteroatoms. The van der Waals surface area contributed by atoms with Crippen molar-refractivity contribution in [3.63, 3.8) is 0 Å². The van der Waals surface area contributed by atoms with Gasteiger partial charge in [0.15, 0.2) is 0 Å². The summed E-state index contributed by atoms with van der Waals surface area (Å²) < 4.78 is 39.7. The molecule has 7 unspecified atom stereocenters. The normalized spacial score (nSPS) is 32.1. The third-order valence-corrected chi connectivity index (χ3v) is 8.50. The molecule has 2 aliphatic heterocycles. The van der Waals surface area contributed by atoms with E-state index in [9.17, 15) is 23.1 Å². The molecule has 3 fully saturated rings. The van der Waals surface area contributed by atoms with E-state index in [4.69, 9.17) is 14.2 Å². The van der Waals surface area contributed by atoms with Gasteiger partial charge in [0.05, 0.1) is 20.3 Å². The maximum Gasteiger partial charge on any atom is 0.410 e. The van der Waals surface area contributed by atoms with Crippen LogP contribution in [-0.2, 0) is 35.1 Å². The predicted molar refractivity (Wildman–Crippen MR) is 126 cm³/mol. The van der Waals surface area contributed by atoms with Crippen molar-refractivity contribution in [3.05, 3.63) is 0 Å². The van der Waals surface area contributed by atoms with Gasteiger partial charge in [-0.25, -0.2) is 13.9 Å². The van der Waals surface area contributed by atoms with Crippen molar-refractivity contribution in [3.8, 4) is 0 Å². The standard InChI is InChI=1S/C23H39N3O8S/c1-5-33-21(27)19-11-18(24(3)35(30)31)14-25(19)12-15-7-8-16-13-26(23(29)32-4)20(10-17(16)9-15)22(28)34-6-2/h15-20H,5-14H2,1-4H3,(H,30,31)/p-1. The molecule has 3 aliphatic rings. The molecule has 200 valence electrons. The van der Waals surface area contributed by atoms with Crippen LogP contribution in [0.5, 0.6) is 0 Å². The third kappa shape index (κ3) is 6.52. The van der Waals surface area contributed by atoms with Crippen molar-refractivity contribution in [1.29, 1.82) is 0 Å². The van der Waals surface area contributed by atoms with Crippen LogP contribution in [-0.4, -0.2) is 106 Å². The number of likely N-dealkylation sites (tertiary alicyclic amines) is 2. The van der Waals surface area contributed by atoms with Gasteiger partial charge in [-0.2, -0.15) is 0 Å². The van der Waals surface area contributed by atoms with Crippen molar-refractivity contribution in [2.24, 2.45) is 17.8 Å².